The van der Waals surface area contributed by atoms with Crippen LogP contribution in [0.15, 0.2) is 97.1 Å². The Morgan fingerprint density at radius 3 is 1.03 bits per heavy atom. The summed E-state index contributed by atoms with van der Waals surface area (Å²) in [5.41, 5.74) is 32.5. The molecule has 6 heteroatoms. The summed E-state index contributed by atoms with van der Waals surface area (Å²) in [4.78, 5) is 19.2. The van der Waals surface area contributed by atoms with Crippen molar-refractivity contribution in [2.75, 3.05) is 0 Å². The average Bonchev–Trinajstić information content (AvgIpc) is 4.09. The fourth-order valence-electron chi connectivity index (χ4n) is 9.51. The van der Waals surface area contributed by atoms with Crippen molar-refractivity contribution in [2.24, 2.45) is 0 Å². The average molecular weight is 891 g/mol. The number of H-pyrrole nitrogens is 2. The molecule has 2 N–H and O–H groups in total. The minimum absolute atomic E-state index is 0.883. The zero-order valence-electron chi connectivity index (χ0n) is 40.4. The van der Waals surface area contributed by atoms with E-state index in [1.807, 2.05) is 0 Å². The van der Waals surface area contributed by atoms with Gasteiger partial charge in [0.25, 0.3) is 0 Å². The number of nitrogens with one attached hydrogen (secondary N) is 2. The molecular weight excluding hydrogens is 833 g/mol. The lowest BCUT2D eigenvalue weighted by atomic mass is 9.92. The van der Waals surface area contributed by atoms with E-state index in [1.54, 1.807) is 0 Å². The van der Waals surface area contributed by atoms with Crippen LogP contribution in [0.5, 0.6) is 0 Å². The first-order chi connectivity index (χ1) is 31.4. The zero-order chi connectivity index (χ0) is 46.7. The Kier molecular flexibility index (Phi) is 11.5. The molecule has 0 fully saturated rings. The van der Waals surface area contributed by atoms with E-state index < -0.39 is 16.1 Å². The summed E-state index contributed by atoms with van der Waals surface area (Å²) < 4.78 is 0. The van der Waals surface area contributed by atoms with Crippen LogP contribution in [-0.2, 0) is 0 Å². The highest BCUT2D eigenvalue weighted by atomic mass is 28.3. The Morgan fingerprint density at radius 1 is 0.379 bits per heavy atom. The maximum Gasteiger partial charge on any atom is 0.129 e. The molecule has 4 aromatic carbocycles. The van der Waals surface area contributed by atoms with Crippen molar-refractivity contribution in [1.29, 1.82) is 0 Å². The van der Waals surface area contributed by atoms with E-state index in [4.69, 9.17) is 9.97 Å². The van der Waals surface area contributed by atoms with Gasteiger partial charge in [-0.2, -0.15) is 0 Å². The smallest absolute Gasteiger partial charge is 0.129 e. The molecule has 5 heterocycles. The summed E-state index contributed by atoms with van der Waals surface area (Å²) in [6.07, 6.45) is 8.74. The Labute approximate surface area is 393 Å². The van der Waals surface area contributed by atoms with Crippen molar-refractivity contribution in [1.82, 2.24) is 19.9 Å². The van der Waals surface area contributed by atoms with Crippen molar-refractivity contribution in [2.45, 2.75) is 80.8 Å². The van der Waals surface area contributed by atoms with Gasteiger partial charge in [0.05, 0.1) is 22.8 Å². The monoisotopic (exact) mass is 890 g/mol. The van der Waals surface area contributed by atoms with Crippen molar-refractivity contribution >= 4 is 62.5 Å². The first kappa shape index (κ1) is 44.2. The molecule has 0 amide bonds. The Hall–Kier alpha value is -6.97. The molecule has 326 valence electrons. The predicted octanol–water partition coefficient (Wildman–Crippen LogP) is 15.6. The molecule has 0 saturated heterocycles. The van der Waals surface area contributed by atoms with E-state index in [0.29, 0.717) is 0 Å². The summed E-state index contributed by atoms with van der Waals surface area (Å²) in [6.45, 7) is 26.9. The van der Waals surface area contributed by atoms with Gasteiger partial charge < -0.3 is 9.97 Å². The van der Waals surface area contributed by atoms with Crippen LogP contribution in [-0.4, -0.2) is 36.1 Å². The Morgan fingerprint density at radius 2 is 0.697 bits per heavy atom. The van der Waals surface area contributed by atoms with Gasteiger partial charge in [0.2, 0.25) is 0 Å². The summed E-state index contributed by atoms with van der Waals surface area (Å²) in [6, 6.07) is 35.2. The summed E-state index contributed by atoms with van der Waals surface area (Å²) >= 11 is 0. The molecule has 0 atom stereocenters. The molecule has 4 nitrogen and oxygen atoms in total. The van der Waals surface area contributed by atoms with E-state index >= 15 is 0 Å². The van der Waals surface area contributed by atoms with Gasteiger partial charge in [-0.15, -0.1) is 11.1 Å². The van der Waals surface area contributed by atoms with Crippen LogP contribution >= 0.6 is 0 Å². The molecule has 0 spiro atoms. The van der Waals surface area contributed by atoms with Crippen LogP contribution in [0.2, 0.25) is 39.3 Å². The molecule has 0 aliphatic carbocycles. The van der Waals surface area contributed by atoms with Crippen LogP contribution in [0.3, 0.4) is 0 Å². The van der Waals surface area contributed by atoms with Gasteiger partial charge in [-0.25, -0.2) is 9.97 Å². The highest BCUT2D eigenvalue weighted by Gasteiger charge is 2.22. The number of rotatable bonds is 4. The summed E-state index contributed by atoms with van der Waals surface area (Å²) in [5, 5.41) is 0. The van der Waals surface area contributed by atoms with E-state index in [-0.39, 0.29) is 0 Å². The highest BCUT2D eigenvalue weighted by molar-refractivity contribution is 6.84. The minimum atomic E-state index is -1.62. The molecule has 0 radical (unpaired) electrons. The van der Waals surface area contributed by atoms with Crippen LogP contribution in [0.1, 0.15) is 67.3 Å². The summed E-state index contributed by atoms with van der Waals surface area (Å²) in [7, 11) is -3.23. The van der Waals surface area contributed by atoms with Gasteiger partial charge >= 0.3 is 0 Å². The van der Waals surface area contributed by atoms with E-state index in [9.17, 15) is 0 Å². The maximum absolute atomic E-state index is 5.62. The number of aryl methyl sites for hydroxylation is 6. The van der Waals surface area contributed by atoms with Gasteiger partial charge in [0.1, 0.15) is 16.1 Å². The van der Waals surface area contributed by atoms with Gasteiger partial charge in [0, 0.05) is 55.4 Å². The number of aromatic amines is 2. The lowest BCUT2D eigenvalue weighted by Crippen LogP contribution is -2.16. The van der Waals surface area contributed by atoms with Crippen LogP contribution in [0.25, 0.3) is 90.9 Å². The van der Waals surface area contributed by atoms with Gasteiger partial charge in [-0.3, -0.25) is 0 Å². The van der Waals surface area contributed by atoms with Crippen LogP contribution in [0.4, 0.5) is 0 Å². The Balaban J connectivity index is 1.47. The van der Waals surface area contributed by atoms with Crippen molar-refractivity contribution in [3.63, 3.8) is 0 Å². The first-order valence-corrected chi connectivity index (χ1v) is 30.0. The van der Waals surface area contributed by atoms with Crippen molar-refractivity contribution < 1.29 is 0 Å². The third-order valence-corrected chi connectivity index (χ3v) is 13.8. The quantitative estimate of drug-likeness (QED) is 0.137. The van der Waals surface area contributed by atoms with E-state index in [2.05, 4.69) is 235 Å². The highest BCUT2D eigenvalue weighted by Crippen LogP contribution is 2.41. The summed E-state index contributed by atoms with van der Waals surface area (Å²) in [5.74, 6) is 7.05. The predicted molar refractivity (Wildman–Crippen MR) is 289 cm³/mol. The van der Waals surface area contributed by atoms with Gasteiger partial charge in [-0.05, 0) is 159 Å². The first-order valence-electron chi connectivity index (χ1n) is 23.0. The standard InChI is InChI=1S/C60H58N4Si2/c1-37-31-39(3)55(40(4)32-37)59-51-23-19-47(61-51)57(45-17-13-15-43(35-45)27-29-65(7,8)9)49-21-25-53(63-49)60(56-41(5)33-38(2)34-42(56)6)54-26-22-50(64-54)58(48-20-24-52(59)62-48)46-18-14-16-44(36-46)28-30-66(10,11)12/h13-26,31-36,61,64H,1-12H3. The van der Waals surface area contributed by atoms with E-state index in [1.165, 1.54) is 44.5 Å². The number of fused-ring (bicyclic) bond motifs is 8. The molecule has 0 unspecified atom stereocenters. The third-order valence-electron chi connectivity index (χ3n) is 12.1. The zero-order valence-corrected chi connectivity index (χ0v) is 42.4. The van der Waals surface area contributed by atoms with E-state index in [0.717, 1.165) is 89.4 Å². The maximum atomic E-state index is 5.62. The molecular formula is C60H58N4Si2. The van der Waals surface area contributed by atoms with Crippen molar-refractivity contribution in [3.05, 3.63) is 164 Å². The molecule has 0 saturated carbocycles. The molecule has 9 rings (SSSR count). The largest absolute Gasteiger partial charge is 0.354 e. The number of hydrogen-bond donors (Lipinski definition) is 2. The SMILES string of the molecule is Cc1cc(C)c(-c2c3nc(c(-c4cccc(C#C[Si](C)(C)C)c4)c4ccc([nH]4)c(-c4c(C)cc(C)cc4C)c4nc(c(-c5cccc(C#C[Si](C)(C)C)c5)c5ccc2[nH]5)C=C4)C=C3)c(C)c1. The second-order valence-corrected chi connectivity index (χ2v) is 29.7. The van der Waals surface area contributed by atoms with Gasteiger partial charge in [-0.1, -0.05) is 111 Å². The normalized spacial score (nSPS) is 12.2. The lowest BCUT2D eigenvalue weighted by molar-refractivity contribution is 1.28. The fraction of sp³-hybridized carbons (Fsp3) is 0.200. The minimum Gasteiger partial charge on any atom is -0.354 e. The Bertz CT molecular complexity index is 3240. The lowest BCUT2D eigenvalue weighted by Gasteiger charge is -2.13. The topological polar surface area (TPSA) is 57.4 Å². The second kappa shape index (κ2) is 17.1. The molecule has 8 bridgehead atoms. The number of benzene rings is 4. The number of hydrogen-bond acceptors (Lipinski definition) is 2. The third kappa shape index (κ3) is 9.00. The molecule has 7 aromatic rings. The molecule has 3 aromatic heterocycles. The molecule has 2 aliphatic heterocycles. The number of nitrogens with zero attached hydrogens (tertiary/aromatic N) is 2. The number of aromatic nitrogens is 4. The van der Waals surface area contributed by atoms with Gasteiger partial charge in [0.15, 0.2) is 0 Å². The second-order valence-electron chi connectivity index (χ2n) is 20.2. The van der Waals surface area contributed by atoms with Crippen LogP contribution in [0, 0.1) is 64.5 Å². The molecule has 66 heavy (non-hydrogen) atoms. The fourth-order valence-corrected chi connectivity index (χ4v) is 10.6. The van der Waals surface area contributed by atoms with Crippen LogP contribution < -0.4 is 0 Å². The van der Waals surface area contributed by atoms with Crippen molar-refractivity contribution in [3.8, 4) is 67.4 Å². The molecule has 2 aliphatic rings.